The van der Waals surface area contributed by atoms with Crippen molar-refractivity contribution < 1.29 is 14.7 Å². The normalized spacial score (nSPS) is 32.1. The number of esters is 1. The Morgan fingerprint density at radius 2 is 1.63 bits per heavy atom. The SMILES string of the molecule is CCOC(=O)C(=NO)c1nc2ccccc2n([C@H]2C[C@H]3CCC[C@@H](C2)N3C2CC3CCCCC(C3)C2)c1=O. The fourth-order valence-corrected chi connectivity index (χ4v) is 8.36. The molecule has 4 aliphatic rings. The lowest BCUT2D eigenvalue weighted by Gasteiger charge is -2.54. The van der Waals surface area contributed by atoms with Crippen molar-refractivity contribution in [3.05, 3.63) is 40.3 Å². The van der Waals surface area contributed by atoms with Gasteiger partial charge in [0.05, 0.1) is 17.6 Å². The molecule has 2 unspecified atom stereocenters. The standard InChI is InChI=1S/C30H40N4O4/c1-2-38-30(36)28(32-37)27-29(35)34(26-13-6-5-12-25(26)31-27)24-17-21-10-7-11-22(18-24)33(21)23-15-19-8-3-4-9-20(14-19)16-23/h5-6,12-13,19-24,37H,2-4,7-11,14-18H2,1H3/t19?,20?,21-,22+,23?,24+. The Morgan fingerprint density at radius 1 is 0.947 bits per heavy atom. The van der Waals surface area contributed by atoms with Gasteiger partial charge < -0.3 is 14.5 Å². The van der Waals surface area contributed by atoms with Crippen LogP contribution in [-0.2, 0) is 9.53 Å². The first-order valence-electron chi connectivity index (χ1n) is 14.8. The van der Waals surface area contributed by atoms with Crippen LogP contribution >= 0.6 is 0 Å². The highest BCUT2D eigenvalue weighted by Gasteiger charge is 2.45. The summed E-state index contributed by atoms with van der Waals surface area (Å²) in [5.74, 6) is 0.924. The van der Waals surface area contributed by atoms with Gasteiger partial charge in [0.1, 0.15) is 0 Å². The lowest BCUT2D eigenvalue weighted by atomic mass is 9.73. The van der Waals surface area contributed by atoms with Crippen LogP contribution < -0.4 is 5.56 Å². The molecule has 8 heteroatoms. The highest BCUT2D eigenvalue weighted by atomic mass is 16.5. The molecule has 1 aromatic carbocycles. The van der Waals surface area contributed by atoms with Crippen LogP contribution in [0.5, 0.6) is 0 Å². The van der Waals surface area contributed by atoms with E-state index in [9.17, 15) is 14.8 Å². The molecule has 2 saturated carbocycles. The number of piperidine rings is 2. The second kappa shape index (κ2) is 10.8. The molecule has 2 aromatic rings. The Balaban J connectivity index is 1.35. The summed E-state index contributed by atoms with van der Waals surface area (Å²) in [5.41, 5.74) is 0.413. The van der Waals surface area contributed by atoms with Crippen molar-refractivity contribution in [3.63, 3.8) is 0 Å². The molecule has 5 atom stereocenters. The van der Waals surface area contributed by atoms with Gasteiger partial charge in [-0.2, -0.15) is 0 Å². The zero-order chi connectivity index (χ0) is 26.2. The smallest absolute Gasteiger partial charge is 0.362 e. The van der Waals surface area contributed by atoms with E-state index in [2.05, 4.69) is 15.0 Å². The van der Waals surface area contributed by atoms with E-state index in [1.54, 1.807) is 6.92 Å². The van der Waals surface area contributed by atoms with E-state index in [1.165, 1.54) is 64.2 Å². The summed E-state index contributed by atoms with van der Waals surface area (Å²) in [6.07, 6.45) is 15.1. The molecular formula is C30H40N4O4. The molecule has 0 amide bonds. The van der Waals surface area contributed by atoms with Crippen molar-refractivity contribution >= 4 is 22.7 Å². The maximum Gasteiger partial charge on any atom is 0.362 e. The van der Waals surface area contributed by atoms with Crippen LogP contribution in [0.4, 0.5) is 0 Å². The fourth-order valence-electron chi connectivity index (χ4n) is 8.36. The third-order valence-electron chi connectivity index (χ3n) is 9.73. The molecule has 204 valence electrons. The molecule has 1 aromatic heterocycles. The topological polar surface area (TPSA) is 97.0 Å². The molecule has 8 nitrogen and oxygen atoms in total. The number of aromatic nitrogens is 2. The van der Waals surface area contributed by atoms with Gasteiger partial charge in [-0.1, -0.05) is 49.4 Å². The van der Waals surface area contributed by atoms with Crippen molar-refractivity contribution in [2.24, 2.45) is 17.0 Å². The second-order valence-corrected chi connectivity index (χ2v) is 12.0. The number of rotatable bonds is 5. The largest absolute Gasteiger partial charge is 0.461 e. The van der Waals surface area contributed by atoms with E-state index in [-0.39, 0.29) is 23.9 Å². The Morgan fingerprint density at radius 3 is 2.29 bits per heavy atom. The second-order valence-electron chi connectivity index (χ2n) is 12.0. The van der Waals surface area contributed by atoms with Crippen LogP contribution in [0.25, 0.3) is 11.0 Å². The van der Waals surface area contributed by atoms with E-state index >= 15 is 0 Å². The molecule has 2 saturated heterocycles. The summed E-state index contributed by atoms with van der Waals surface area (Å²) in [7, 11) is 0. The monoisotopic (exact) mass is 520 g/mol. The van der Waals surface area contributed by atoms with Gasteiger partial charge >= 0.3 is 5.97 Å². The molecule has 1 N–H and O–H groups in total. The minimum Gasteiger partial charge on any atom is -0.461 e. The number of carbonyl (C=O) groups excluding carboxylic acids is 1. The summed E-state index contributed by atoms with van der Waals surface area (Å²) < 4.78 is 6.90. The molecule has 4 fully saturated rings. The Kier molecular flexibility index (Phi) is 7.25. The predicted molar refractivity (Wildman–Crippen MR) is 146 cm³/mol. The summed E-state index contributed by atoms with van der Waals surface area (Å²) in [6.45, 7) is 1.79. The van der Waals surface area contributed by atoms with Gasteiger partial charge in [-0.15, -0.1) is 0 Å². The first kappa shape index (κ1) is 25.5. The van der Waals surface area contributed by atoms with Crippen LogP contribution in [0.2, 0.25) is 0 Å². The molecule has 2 aliphatic heterocycles. The molecule has 4 bridgehead atoms. The zero-order valence-corrected chi connectivity index (χ0v) is 22.4. The van der Waals surface area contributed by atoms with E-state index in [0.717, 1.165) is 30.2 Å². The first-order valence-corrected chi connectivity index (χ1v) is 14.8. The molecular weight excluding hydrogens is 480 g/mol. The van der Waals surface area contributed by atoms with E-state index in [1.807, 2.05) is 28.8 Å². The quantitative estimate of drug-likeness (QED) is 0.256. The first-order chi connectivity index (χ1) is 18.6. The highest BCUT2D eigenvalue weighted by molar-refractivity contribution is 6.42. The number of ether oxygens (including phenoxy) is 1. The van der Waals surface area contributed by atoms with Crippen molar-refractivity contribution in [1.82, 2.24) is 14.5 Å². The number of benzene rings is 1. The number of hydrogen-bond acceptors (Lipinski definition) is 7. The molecule has 0 radical (unpaired) electrons. The van der Waals surface area contributed by atoms with Crippen molar-refractivity contribution in [2.75, 3.05) is 6.61 Å². The predicted octanol–water partition coefficient (Wildman–Crippen LogP) is 5.05. The number of oxime groups is 1. The average Bonchev–Trinajstić information content (AvgIpc) is 3.08. The maximum atomic E-state index is 14.0. The third-order valence-corrected chi connectivity index (χ3v) is 9.73. The minimum atomic E-state index is -0.841. The van der Waals surface area contributed by atoms with Gasteiger partial charge in [0, 0.05) is 24.2 Å². The summed E-state index contributed by atoms with van der Waals surface area (Å²) in [4.78, 5) is 33.8. The minimum absolute atomic E-state index is 0.00806. The Bertz CT molecular complexity index is 1240. The van der Waals surface area contributed by atoms with Crippen molar-refractivity contribution in [1.29, 1.82) is 0 Å². The summed E-state index contributed by atoms with van der Waals surface area (Å²) in [6, 6.07) is 9.18. The number of hydrogen-bond donors (Lipinski definition) is 1. The molecule has 0 spiro atoms. The number of fused-ring (bicyclic) bond motifs is 5. The fraction of sp³-hybridized carbons (Fsp3) is 0.667. The molecule has 6 rings (SSSR count). The Labute approximate surface area is 224 Å². The Hall–Kier alpha value is -2.74. The van der Waals surface area contributed by atoms with Crippen LogP contribution in [0.3, 0.4) is 0 Å². The third kappa shape index (κ3) is 4.65. The van der Waals surface area contributed by atoms with Crippen LogP contribution in [0.1, 0.15) is 95.7 Å². The van der Waals surface area contributed by atoms with E-state index < -0.39 is 11.7 Å². The van der Waals surface area contributed by atoms with Gasteiger partial charge in [-0.3, -0.25) is 9.69 Å². The van der Waals surface area contributed by atoms with Gasteiger partial charge in [0.2, 0.25) is 5.71 Å². The highest BCUT2D eigenvalue weighted by Crippen LogP contribution is 2.47. The maximum absolute atomic E-state index is 14.0. The zero-order valence-electron chi connectivity index (χ0n) is 22.4. The number of nitrogens with zero attached hydrogens (tertiary/aromatic N) is 4. The van der Waals surface area contributed by atoms with Gasteiger partial charge in [0.15, 0.2) is 5.69 Å². The van der Waals surface area contributed by atoms with Crippen LogP contribution in [0, 0.1) is 11.8 Å². The molecule has 2 aliphatic carbocycles. The van der Waals surface area contributed by atoms with Crippen molar-refractivity contribution in [2.45, 2.75) is 108 Å². The van der Waals surface area contributed by atoms with E-state index in [4.69, 9.17) is 4.74 Å². The lowest BCUT2D eigenvalue weighted by Crippen LogP contribution is -2.58. The lowest BCUT2D eigenvalue weighted by molar-refractivity contribution is -0.135. The molecule has 38 heavy (non-hydrogen) atoms. The van der Waals surface area contributed by atoms with Crippen molar-refractivity contribution in [3.8, 4) is 0 Å². The van der Waals surface area contributed by atoms with Crippen LogP contribution in [0.15, 0.2) is 34.2 Å². The number of para-hydroxylation sites is 2. The summed E-state index contributed by atoms with van der Waals surface area (Å²) in [5, 5.41) is 12.8. The van der Waals surface area contributed by atoms with Crippen LogP contribution in [-0.4, -0.2) is 56.1 Å². The van der Waals surface area contributed by atoms with E-state index in [0.29, 0.717) is 23.6 Å². The average molecular weight is 521 g/mol. The summed E-state index contributed by atoms with van der Waals surface area (Å²) >= 11 is 0. The van der Waals surface area contributed by atoms with Gasteiger partial charge in [0.25, 0.3) is 5.56 Å². The van der Waals surface area contributed by atoms with Gasteiger partial charge in [-0.25, -0.2) is 9.78 Å². The van der Waals surface area contributed by atoms with Gasteiger partial charge in [-0.05, 0) is 75.8 Å². The number of carbonyl (C=O) groups is 1. The molecule has 3 heterocycles.